The summed E-state index contributed by atoms with van der Waals surface area (Å²) in [6.07, 6.45) is 0.947. The fraction of sp³-hybridized carbons (Fsp3) is 0.474. The van der Waals surface area contributed by atoms with Gasteiger partial charge in [0.2, 0.25) is 0 Å². The second-order valence-corrected chi connectivity index (χ2v) is 7.08. The Hall–Kier alpha value is -1.93. The minimum Gasteiger partial charge on any atom is -0.505 e. The summed E-state index contributed by atoms with van der Waals surface area (Å²) in [5.41, 5.74) is 1.000. The van der Waals surface area contributed by atoms with Crippen molar-refractivity contribution in [1.82, 2.24) is 9.78 Å². The lowest BCUT2D eigenvalue weighted by molar-refractivity contribution is -0.0441. The average molecular weight is 399 g/mol. The molecule has 0 bridgehead atoms. The van der Waals surface area contributed by atoms with Crippen LogP contribution in [0.5, 0.6) is 5.75 Å². The van der Waals surface area contributed by atoms with Gasteiger partial charge in [0.15, 0.2) is 17.1 Å². The number of aromatic nitrogens is 2. The molecule has 0 atom stereocenters. The third kappa shape index (κ3) is 6.04. The number of rotatable bonds is 2. The smallest absolute Gasteiger partial charge is 0.289 e. The molecule has 0 aliphatic carbocycles. The molecule has 8 heteroatoms. The van der Waals surface area contributed by atoms with Crippen LogP contribution >= 0.6 is 11.6 Å². The predicted molar refractivity (Wildman–Crippen MR) is 104 cm³/mol. The molecule has 1 fully saturated rings. The van der Waals surface area contributed by atoms with Gasteiger partial charge in [0.25, 0.3) is 5.56 Å². The summed E-state index contributed by atoms with van der Waals surface area (Å²) in [6.45, 7) is 6.88. The zero-order valence-corrected chi connectivity index (χ0v) is 15.7. The molecule has 7 nitrogen and oxygen atoms in total. The molecule has 1 aliphatic rings. The molecule has 3 rings (SSSR count). The van der Waals surface area contributed by atoms with Crippen LogP contribution in [0.25, 0.3) is 0 Å². The molecule has 2 N–H and O–H groups in total. The molecule has 0 amide bonds. The first kappa shape index (κ1) is 23.1. The Balaban J connectivity index is 0.000000260. The molecule has 150 valence electrons. The highest BCUT2D eigenvalue weighted by Crippen LogP contribution is 2.23. The van der Waals surface area contributed by atoms with Crippen LogP contribution in [0, 0.1) is 0 Å². The maximum atomic E-state index is 11.4. The van der Waals surface area contributed by atoms with Crippen LogP contribution in [0.4, 0.5) is 0 Å². The van der Waals surface area contributed by atoms with Crippen molar-refractivity contribution in [2.45, 2.75) is 46.6 Å². The van der Waals surface area contributed by atoms with Gasteiger partial charge in [-0.1, -0.05) is 43.3 Å². The Kier molecular flexibility index (Phi) is 8.43. The van der Waals surface area contributed by atoms with E-state index in [1.165, 1.54) is 4.68 Å². The van der Waals surface area contributed by atoms with Crippen molar-refractivity contribution in [3.05, 3.63) is 57.0 Å². The van der Waals surface area contributed by atoms with E-state index in [9.17, 15) is 4.79 Å². The van der Waals surface area contributed by atoms with Gasteiger partial charge in [0.1, 0.15) is 0 Å². The normalized spacial score (nSPS) is 14.3. The summed E-state index contributed by atoms with van der Waals surface area (Å²) in [7, 11) is 0. The van der Waals surface area contributed by atoms with Crippen LogP contribution in [0.2, 0.25) is 5.02 Å². The van der Waals surface area contributed by atoms with Gasteiger partial charge in [-0.2, -0.15) is 5.10 Å². The summed E-state index contributed by atoms with van der Waals surface area (Å²) in [5, 5.41) is 21.5. The summed E-state index contributed by atoms with van der Waals surface area (Å²) in [6, 6.07) is 7.59. The molecule has 1 saturated heterocycles. The van der Waals surface area contributed by atoms with Crippen molar-refractivity contribution in [2.24, 2.45) is 0 Å². The quantitative estimate of drug-likeness (QED) is 0.806. The maximum absolute atomic E-state index is 11.4. The van der Waals surface area contributed by atoms with Gasteiger partial charge in [-0.05, 0) is 26.3 Å². The number of benzene rings is 1. The number of nitrogens with zero attached hydrogens (tertiary/aromatic N) is 2. The minimum absolute atomic E-state index is 0. The average Bonchev–Trinajstić information content (AvgIpc) is 3.14. The Morgan fingerprint density at radius 3 is 2.26 bits per heavy atom. The van der Waals surface area contributed by atoms with Gasteiger partial charge in [-0.15, -0.1) is 0 Å². The van der Waals surface area contributed by atoms with E-state index in [1.807, 2.05) is 45.0 Å². The number of hydrogen-bond acceptors (Lipinski definition) is 6. The van der Waals surface area contributed by atoms with Crippen LogP contribution in [0.1, 0.15) is 45.6 Å². The van der Waals surface area contributed by atoms with E-state index >= 15 is 0 Å². The summed E-state index contributed by atoms with van der Waals surface area (Å²) in [4.78, 5) is 11.4. The standard InChI is InChI=1S/C10H12O3.C8H11ClN2O2.CH4/c11-7-8-1-3-9(4-2-8)10-12-5-6-13-10;1-8(2,3)11-7(13)6(9)5(12)4-10-11;/h1-4,10-11H,5-7H2;4,12H,1-3H3;1H4. The highest BCUT2D eigenvalue weighted by Gasteiger charge is 2.19. The zero-order valence-electron chi connectivity index (χ0n) is 15.0. The number of aromatic hydroxyl groups is 1. The Bertz CT molecular complexity index is 778. The number of aliphatic hydroxyl groups excluding tert-OH is 1. The lowest BCUT2D eigenvalue weighted by atomic mass is 10.1. The van der Waals surface area contributed by atoms with E-state index in [4.69, 9.17) is 31.3 Å². The van der Waals surface area contributed by atoms with E-state index in [2.05, 4.69) is 5.10 Å². The number of ether oxygens (including phenoxy) is 2. The third-order valence-electron chi connectivity index (χ3n) is 3.59. The molecule has 2 heterocycles. The van der Waals surface area contributed by atoms with Gasteiger partial charge in [0, 0.05) is 5.56 Å². The molecule has 0 saturated carbocycles. The van der Waals surface area contributed by atoms with Crippen molar-refractivity contribution in [3.8, 4) is 5.75 Å². The maximum Gasteiger partial charge on any atom is 0.289 e. The molecule has 27 heavy (non-hydrogen) atoms. The Morgan fingerprint density at radius 2 is 1.78 bits per heavy atom. The highest BCUT2D eigenvalue weighted by atomic mass is 35.5. The van der Waals surface area contributed by atoms with Gasteiger partial charge in [-0.25, -0.2) is 4.68 Å². The first-order valence-corrected chi connectivity index (χ1v) is 8.52. The van der Waals surface area contributed by atoms with Crippen LogP contribution in [0.15, 0.2) is 35.3 Å². The monoisotopic (exact) mass is 398 g/mol. The molecular weight excluding hydrogens is 372 g/mol. The van der Waals surface area contributed by atoms with Crippen molar-refractivity contribution in [2.75, 3.05) is 13.2 Å². The number of hydrogen-bond donors (Lipinski definition) is 2. The number of halogens is 1. The number of aliphatic hydroxyl groups is 1. The fourth-order valence-corrected chi connectivity index (χ4v) is 2.36. The van der Waals surface area contributed by atoms with Crippen LogP contribution < -0.4 is 5.56 Å². The molecule has 1 aromatic carbocycles. The molecular formula is C19H27ClN2O5. The van der Waals surface area contributed by atoms with E-state index in [0.717, 1.165) is 17.3 Å². The van der Waals surface area contributed by atoms with E-state index in [0.29, 0.717) is 13.2 Å². The van der Waals surface area contributed by atoms with E-state index in [-0.39, 0.29) is 31.1 Å². The van der Waals surface area contributed by atoms with E-state index in [1.54, 1.807) is 0 Å². The van der Waals surface area contributed by atoms with Crippen LogP contribution in [-0.2, 0) is 21.6 Å². The molecule has 0 unspecified atom stereocenters. The molecule has 0 spiro atoms. The highest BCUT2D eigenvalue weighted by molar-refractivity contribution is 6.31. The largest absolute Gasteiger partial charge is 0.505 e. The first-order chi connectivity index (χ1) is 12.2. The van der Waals surface area contributed by atoms with E-state index < -0.39 is 11.1 Å². The van der Waals surface area contributed by atoms with Crippen molar-refractivity contribution in [1.29, 1.82) is 0 Å². The minimum atomic E-state index is -0.478. The SMILES string of the molecule is C.CC(C)(C)n1ncc(O)c(Cl)c1=O.OCc1ccc(C2OCCO2)cc1. The van der Waals surface area contributed by atoms with Crippen molar-refractivity contribution in [3.63, 3.8) is 0 Å². The fourth-order valence-electron chi connectivity index (χ4n) is 2.23. The van der Waals surface area contributed by atoms with Crippen molar-refractivity contribution < 1.29 is 19.7 Å². The van der Waals surface area contributed by atoms with Gasteiger partial charge in [-0.3, -0.25) is 4.79 Å². The molecule has 1 aromatic heterocycles. The topological polar surface area (TPSA) is 93.8 Å². The summed E-state index contributed by atoms with van der Waals surface area (Å²) < 4.78 is 11.9. The van der Waals surface area contributed by atoms with Gasteiger partial charge >= 0.3 is 0 Å². The second kappa shape index (κ2) is 9.85. The summed E-state index contributed by atoms with van der Waals surface area (Å²) >= 11 is 5.57. The lowest BCUT2D eigenvalue weighted by Crippen LogP contribution is -2.35. The predicted octanol–water partition coefficient (Wildman–Crippen LogP) is 3.22. The van der Waals surface area contributed by atoms with Crippen LogP contribution in [0.3, 0.4) is 0 Å². The molecule has 0 radical (unpaired) electrons. The van der Waals surface area contributed by atoms with Crippen molar-refractivity contribution >= 4 is 11.6 Å². The third-order valence-corrected chi connectivity index (χ3v) is 3.95. The zero-order chi connectivity index (χ0) is 19.3. The molecule has 2 aromatic rings. The second-order valence-electron chi connectivity index (χ2n) is 6.70. The Labute approximate surface area is 164 Å². The summed E-state index contributed by atoms with van der Waals surface area (Å²) in [5.74, 6) is -0.285. The Morgan fingerprint density at radius 1 is 1.22 bits per heavy atom. The van der Waals surface area contributed by atoms with Gasteiger partial charge in [0.05, 0.1) is 31.6 Å². The lowest BCUT2D eigenvalue weighted by Gasteiger charge is -2.20. The first-order valence-electron chi connectivity index (χ1n) is 8.14. The van der Waals surface area contributed by atoms with Gasteiger partial charge < -0.3 is 19.7 Å². The van der Waals surface area contributed by atoms with Crippen LogP contribution in [-0.4, -0.2) is 33.2 Å². The molecule has 1 aliphatic heterocycles.